The first-order valence-corrected chi connectivity index (χ1v) is 13.5. The summed E-state index contributed by atoms with van der Waals surface area (Å²) in [7, 11) is 0. The van der Waals surface area contributed by atoms with E-state index in [9.17, 15) is 13.9 Å². The van der Waals surface area contributed by atoms with Crippen molar-refractivity contribution in [1.29, 1.82) is 0 Å². The summed E-state index contributed by atoms with van der Waals surface area (Å²) in [6.45, 7) is 10.6. The number of piperazine rings is 1. The lowest BCUT2D eigenvalue weighted by molar-refractivity contribution is 0.181. The summed E-state index contributed by atoms with van der Waals surface area (Å²) in [5.74, 6) is -6.21. The fourth-order valence-electron chi connectivity index (χ4n) is 5.49. The Bertz CT molecular complexity index is 1530. The molecule has 1 saturated heterocycles. The number of aliphatic imine (C=N–C) groups is 1. The molecule has 4 heterocycles. The Morgan fingerprint density at radius 1 is 1.10 bits per heavy atom. The number of aliphatic hydroxyl groups is 1. The summed E-state index contributed by atoms with van der Waals surface area (Å²) in [5, 5.41) is 14.2. The van der Waals surface area contributed by atoms with Crippen molar-refractivity contribution in [2.75, 3.05) is 23.7 Å². The van der Waals surface area contributed by atoms with Crippen LogP contribution in [-0.2, 0) is 0 Å². The summed E-state index contributed by atoms with van der Waals surface area (Å²) in [6, 6.07) is 2.94. The van der Waals surface area contributed by atoms with Crippen molar-refractivity contribution in [1.82, 2.24) is 20.2 Å². The Kier molecular flexibility index (Phi) is 7.60. The zero-order chi connectivity index (χ0) is 29.9. The van der Waals surface area contributed by atoms with E-state index in [0.29, 0.717) is 30.0 Å². The molecule has 1 aromatic carbocycles. The van der Waals surface area contributed by atoms with Gasteiger partial charge in [0, 0.05) is 31.4 Å². The van der Waals surface area contributed by atoms with Gasteiger partial charge in [-0.05, 0) is 44.4 Å². The maximum absolute atomic E-state index is 15.9. The summed E-state index contributed by atoms with van der Waals surface area (Å²) >= 11 is 6.13. The average Bonchev–Trinajstić information content (AvgIpc) is 2.91. The lowest BCUT2D eigenvalue weighted by Gasteiger charge is -2.42. The second-order valence-electron chi connectivity index (χ2n) is 10.8. The molecule has 3 aromatic rings. The van der Waals surface area contributed by atoms with Crippen LogP contribution in [0.2, 0.25) is 5.02 Å². The molecule has 5 rings (SSSR count). The highest BCUT2D eigenvalue weighted by Gasteiger charge is 2.38. The van der Waals surface area contributed by atoms with Crippen molar-refractivity contribution in [2.24, 2.45) is 4.99 Å². The maximum Gasteiger partial charge on any atom is 0.233 e. The number of pyridine rings is 2. The molecule has 13 heteroatoms. The molecule has 218 valence electrons. The number of benzene rings is 1. The number of amidine groups is 1. The van der Waals surface area contributed by atoms with Crippen molar-refractivity contribution in [2.45, 2.75) is 59.0 Å². The van der Waals surface area contributed by atoms with Crippen molar-refractivity contribution >= 4 is 34.6 Å². The molecule has 2 aliphatic heterocycles. The van der Waals surface area contributed by atoms with Crippen LogP contribution in [0, 0.1) is 30.2 Å². The fraction of sp³-hybridized carbons (Fsp3) is 0.393. The number of aliphatic hydroxyl groups excluding tert-OH is 1. The predicted octanol–water partition coefficient (Wildman–Crippen LogP) is 5.22. The number of hydrogen-bond acceptors (Lipinski definition) is 8. The molecule has 0 spiro atoms. The molecule has 0 saturated carbocycles. The van der Waals surface area contributed by atoms with Gasteiger partial charge in [-0.2, -0.15) is 0 Å². The van der Waals surface area contributed by atoms with Crippen LogP contribution in [-0.4, -0.2) is 57.3 Å². The first-order valence-electron chi connectivity index (χ1n) is 13.2. The van der Waals surface area contributed by atoms with Crippen molar-refractivity contribution in [3.05, 3.63) is 63.4 Å². The van der Waals surface area contributed by atoms with Gasteiger partial charge >= 0.3 is 0 Å². The van der Waals surface area contributed by atoms with E-state index in [1.807, 2.05) is 39.5 Å². The summed E-state index contributed by atoms with van der Waals surface area (Å²) < 4.78 is 59.5. The molecule has 0 bridgehead atoms. The van der Waals surface area contributed by atoms with Crippen LogP contribution in [0.4, 0.5) is 34.8 Å². The number of nitrogen functional groups attached to an aromatic ring is 1. The van der Waals surface area contributed by atoms with E-state index in [0.717, 1.165) is 6.07 Å². The second kappa shape index (κ2) is 10.7. The number of fused-ring (bicyclic) bond motifs is 1. The Balaban J connectivity index is 1.81. The van der Waals surface area contributed by atoms with Gasteiger partial charge < -0.3 is 21.1 Å². The number of aromatic nitrogens is 2. The molecule has 41 heavy (non-hydrogen) atoms. The number of nitrogens with one attached hydrogen (secondary N) is 1. The van der Waals surface area contributed by atoms with Crippen LogP contribution in [0.15, 0.2) is 23.3 Å². The van der Waals surface area contributed by atoms with Gasteiger partial charge in [0.15, 0.2) is 23.3 Å². The van der Waals surface area contributed by atoms with Crippen molar-refractivity contribution in [3.8, 4) is 11.3 Å². The fourth-order valence-corrected chi connectivity index (χ4v) is 5.74. The Labute approximate surface area is 239 Å². The molecule has 2 aliphatic rings. The van der Waals surface area contributed by atoms with E-state index in [-0.39, 0.29) is 35.2 Å². The van der Waals surface area contributed by atoms with Gasteiger partial charge in [-0.3, -0.25) is 9.88 Å². The van der Waals surface area contributed by atoms with Crippen molar-refractivity contribution in [3.63, 3.8) is 0 Å². The molecule has 1 unspecified atom stereocenters. The molecular weight excluding hydrogens is 562 g/mol. The first kappa shape index (κ1) is 29.0. The Morgan fingerprint density at radius 3 is 2.39 bits per heavy atom. The number of nitrogens with zero attached hydrogens (tertiary/aromatic N) is 5. The van der Waals surface area contributed by atoms with Gasteiger partial charge in [-0.15, -0.1) is 0 Å². The smallest absolute Gasteiger partial charge is 0.233 e. The number of rotatable bonds is 3. The minimum absolute atomic E-state index is 0.00881. The molecule has 3 atom stereocenters. The number of aryl methyl sites for hydroxylation is 1. The van der Waals surface area contributed by atoms with Gasteiger partial charge in [-0.25, -0.2) is 27.5 Å². The van der Waals surface area contributed by atoms with Crippen molar-refractivity contribution < 1.29 is 22.7 Å². The molecule has 0 aliphatic carbocycles. The third kappa shape index (κ3) is 4.87. The number of halogens is 5. The molecule has 4 N–H and O–H groups in total. The van der Waals surface area contributed by atoms with Crippen LogP contribution in [0.25, 0.3) is 11.3 Å². The van der Waals surface area contributed by atoms with Crippen LogP contribution in [0.3, 0.4) is 0 Å². The summed E-state index contributed by atoms with van der Waals surface area (Å²) in [6.07, 6.45) is 0.103. The maximum atomic E-state index is 15.9. The van der Waals surface area contributed by atoms with Gasteiger partial charge in [0.25, 0.3) is 0 Å². The summed E-state index contributed by atoms with van der Waals surface area (Å²) in [4.78, 5) is 16.8. The van der Waals surface area contributed by atoms with Gasteiger partial charge in [0.2, 0.25) is 6.35 Å². The lowest BCUT2D eigenvalue weighted by Crippen LogP contribution is -2.57. The number of hydrogen-bond donors (Lipinski definition) is 3. The zero-order valence-electron chi connectivity index (χ0n) is 23.1. The number of anilines is 3. The third-order valence-corrected chi connectivity index (χ3v) is 7.62. The highest BCUT2D eigenvalue weighted by atomic mass is 35.5. The average molecular weight is 592 g/mol. The lowest BCUT2D eigenvalue weighted by atomic mass is 10.0. The van der Waals surface area contributed by atoms with E-state index in [1.165, 1.54) is 4.90 Å². The Hall–Kier alpha value is -3.48. The van der Waals surface area contributed by atoms with E-state index < -0.39 is 51.6 Å². The van der Waals surface area contributed by atoms with E-state index in [4.69, 9.17) is 17.3 Å². The molecule has 2 aromatic heterocycles. The topological polar surface area (TPSA) is 103 Å². The first-order chi connectivity index (χ1) is 19.3. The molecular formula is C28H30ClF4N7O. The largest absolute Gasteiger partial charge is 0.395 e. The quantitative estimate of drug-likeness (QED) is 0.166. The van der Waals surface area contributed by atoms with E-state index >= 15 is 8.78 Å². The SMILES string of the molecule is Cc1ccnc(C(C)C)c1N1c2nc(-c3c(F)c(F)c(F)c(N)c3Cl)c(F)cc2C(N2C[C@@H](C)N[C@@H](C)C2)=NC1O. The van der Waals surface area contributed by atoms with Crippen LogP contribution < -0.4 is 16.0 Å². The van der Waals surface area contributed by atoms with Gasteiger partial charge in [0.1, 0.15) is 17.3 Å². The van der Waals surface area contributed by atoms with Crippen LogP contribution in [0.5, 0.6) is 0 Å². The molecule has 8 nitrogen and oxygen atoms in total. The van der Waals surface area contributed by atoms with Gasteiger partial charge in [-0.1, -0.05) is 25.4 Å². The zero-order valence-corrected chi connectivity index (χ0v) is 23.9. The third-order valence-electron chi connectivity index (χ3n) is 7.23. The second-order valence-corrected chi connectivity index (χ2v) is 11.2. The van der Waals surface area contributed by atoms with E-state index in [2.05, 4.69) is 20.3 Å². The van der Waals surface area contributed by atoms with Gasteiger partial charge in [0.05, 0.1) is 33.2 Å². The summed E-state index contributed by atoms with van der Waals surface area (Å²) in [5.41, 5.74) is 5.16. The standard InChI is InChI=1S/C28H30ClF4N7O/c1-11(2)23-25(12(3)6-7-35-23)40-27-15(26(38-28(40)41)39-9-13(4)36-14(5)10-39)8-16(30)24(37-27)17-18(29)22(34)21(33)20(32)19(17)31/h6-8,11,13-14,28,36,41H,9-10,34H2,1-5H3/t13-,14+,28?. The predicted molar refractivity (Wildman–Crippen MR) is 150 cm³/mol. The number of nitrogens with two attached hydrogens (primary N) is 1. The molecule has 0 amide bonds. The molecule has 1 fully saturated rings. The Morgan fingerprint density at radius 2 is 1.76 bits per heavy atom. The normalized spacial score (nSPS) is 20.9. The van der Waals surface area contributed by atoms with Crippen LogP contribution in [0.1, 0.15) is 50.4 Å². The highest BCUT2D eigenvalue weighted by molar-refractivity contribution is 6.35. The minimum atomic E-state index is -1.91. The highest BCUT2D eigenvalue weighted by Crippen LogP contribution is 2.44. The minimum Gasteiger partial charge on any atom is -0.395 e. The van der Waals surface area contributed by atoms with Crippen LogP contribution >= 0.6 is 11.6 Å². The molecule has 0 radical (unpaired) electrons. The van der Waals surface area contributed by atoms with E-state index in [1.54, 1.807) is 12.3 Å². The monoisotopic (exact) mass is 591 g/mol.